The summed E-state index contributed by atoms with van der Waals surface area (Å²) < 4.78 is 1.76. The quantitative estimate of drug-likeness (QED) is 0.779. The van der Waals surface area contributed by atoms with Gasteiger partial charge in [0.05, 0.1) is 6.04 Å². The van der Waals surface area contributed by atoms with Crippen molar-refractivity contribution in [2.75, 3.05) is 5.32 Å². The van der Waals surface area contributed by atoms with Gasteiger partial charge in [-0.05, 0) is 24.6 Å². The molecule has 4 N–H and O–H groups in total. The number of aryl methyl sites for hydroxylation is 1. The molecule has 1 heterocycles. The highest BCUT2D eigenvalue weighted by Crippen LogP contribution is 2.11. The second kappa shape index (κ2) is 6.16. The summed E-state index contributed by atoms with van der Waals surface area (Å²) in [5.41, 5.74) is 7.25. The summed E-state index contributed by atoms with van der Waals surface area (Å²) >= 11 is 0. The number of hydrogen-bond donors (Lipinski definition) is 3. The van der Waals surface area contributed by atoms with E-state index >= 15 is 0 Å². The van der Waals surface area contributed by atoms with Crippen molar-refractivity contribution in [2.45, 2.75) is 19.5 Å². The molecule has 0 aliphatic rings. The number of hydrogen-bond acceptors (Lipinski definition) is 4. The molecule has 2 aromatic rings. The van der Waals surface area contributed by atoms with Gasteiger partial charge < -0.3 is 20.9 Å². The van der Waals surface area contributed by atoms with Crippen LogP contribution in [0.15, 0.2) is 30.6 Å². The summed E-state index contributed by atoms with van der Waals surface area (Å²) in [7, 11) is 1.83. The van der Waals surface area contributed by atoms with Crippen molar-refractivity contribution in [2.24, 2.45) is 12.8 Å². The molecule has 0 aliphatic heterocycles. The van der Waals surface area contributed by atoms with Gasteiger partial charge in [-0.1, -0.05) is 12.1 Å². The van der Waals surface area contributed by atoms with Crippen LogP contribution in [-0.4, -0.2) is 20.8 Å². The summed E-state index contributed by atoms with van der Waals surface area (Å²) in [6, 6.07) is 6.86. The van der Waals surface area contributed by atoms with E-state index in [-0.39, 0.29) is 12.1 Å². The maximum Gasteiger partial charge on any atom is 0.319 e. The monoisotopic (exact) mass is 274 g/mol. The molecule has 0 radical (unpaired) electrons. The van der Waals surface area contributed by atoms with Gasteiger partial charge in [-0.15, -0.1) is 10.2 Å². The molecule has 2 amide bonds. The van der Waals surface area contributed by atoms with Gasteiger partial charge in [0, 0.05) is 19.3 Å². The van der Waals surface area contributed by atoms with Crippen LogP contribution in [0.3, 0.4) is 0 Å². The van der Waals surface area contributed by atoms with Crippen molar-refractivity contribution in [3.05, 3.63) is 42.0 Å². The van der Waals surface area contributed by atoms with Crippen LogP contribution >= 0.6 is 0 Å². The number of benzene rings is 1. The van der Waals surface area contributed by atoms with Crippen LogP contribution in [0.1, 0.15) is 24.4 Å². The zero-order chi connectivity index (χ0) is 14.5. The molecule has 0 fully saturated rings. The minimum Gasteiger partial charge on any atom is -0.328 e. The molecule has 0 aliphatic carbocycles. The third-order valence-corrected chi connectivity index (χ3v) is 2.93. The van der Waals surface area contributed by atoms with Crippen molar-refractivity contribution < 1.29 is 4.79 Å². The van der Waals surface area contributed by atoms with Crippen molar-refractivity contribution in [1.29, 1.82) is 0 Å². The topological polar surface area (TPSA) is 97.9 Å². The maximum absolute atomic E-state index is 11.9. The van der Waals surface area contributed by atoms with E-state index in [2.05, 4.69) is 20.8 Å². The summed E-state index contributed by atoms with van der Waals surface area (Å²) in [4.78, 5) is 11.9. The van der Waals surface area contributed by atoms with Crippen molar-refractivity contribution >= 4 is 11.7 Å². The number of amides is 2. The molecule has 1 aromatic carbocycles. The predicted molar refractivity (Wildman–Crippen MR) is 75.9 cm³/mol. The molecule has 0 spiro atoms. The maximum atomic E-state index is 11.9. The van der Waals surface area contributed by atoms with Gasteiger partial charge >= 0.3 is 6.03 Å². The Hall–Kier alpha value is -2.41. The average Bonchev–Trinajstić information content (AvgIpc) is 2.86. The number of rotatable bonds is 4. The third kappa shape index (κ3) is 3.33. The fraction of sp³-hybridized carbons (Fsp3) is 0.308. The second-order valence-corrected chi connectivity index (χ2v) is 4.52. The highest BCUT2D eigenvalue weighted by Gasteiger charge is 2.13. The minimum absolute atomic E-state index is 0.231. The van der Waals surface area contributed by atoms with Crippen molar-refractivity contribution in [1.82, 2.24) is 20.1 Å². The summed E-state index contributed by atoms with van der Waals surface area (Å²) in [5, 5.41) is 13.3. The largest absolute Gasteiger partial charge is 0.328 e. The molecular weight excluding hydrogens is 256 g/mol. The van der Waals surface area contributed by atoms with Crippen LogP contribution in [0.4, 0.5) is 10.5 Å². The van der Waals surface area contributed by atoms with E-state index in [0.29, 0.717) is 18.1 Å². The summed E-state index contributed by atoms with van der Waals surface area (Å²) in [6.07, 6.45) is 1.59. The van der Waals surface area contributed by atoms with Gasteiger partial charge in [0.25, 0.3) is 0 Å². The number of anilines is 1. The fourth-order valence-corrected chi connectivity index (χ4v) is 1.84. The van der Waals surface area contributed by atoms with Gasteiger partial charge in [-0.2, -0.15) is 0 Å². The number of nitrogens with zero attached hydrogens (tertiary/aromatic N) is 3. The van der Waals surface area contributed by atoms with Crippen molar-refractivity contribution in [3.63, 3.8) is 0 Å². The van der Waals surface area contributed by atoms with Crippen LogP contribution in [0.2, 0.25) is 0 Å². The lowest BCUT2D eigenvalue weighted by Gasteiger charge is -2.14. The molecule has 20 heavy (non-hydrogen) atoms. The van der Waals surface area contributed by atoms with E-state index in [4.69, 9.17) is 5.73 Å². The summed E-state index contributed by atoms with van der Waals surface area (Å²) in [5.74, 6) is 0.693. The third-order valence-electron chi connectivity index (χ3n) is 2.93. The molecule has 0 saturated carbocycles. The van der Waals surface area contributed by atoms with Crippen molar-refractivity contribution in [3.8, 4) is 0 Å². The van der Waals surface area contributed by atoms with E-state index < -0.39 is 0 Å². The number of carbonyl (C=O) groups is 1. The molecule has 1 unspecified atom stereocenters. The number of carbonyl (C=O) groups excluding carboxylic acids is 1. The van der Waals surface area contributed by atoms with Crippen LogP contribution < -0.4 is 16.4 Å². The van der Waals surface area contributed by atoms with Gasteiger partial charge in [0.1, 0.15) is 6.33 Å². The zero-order valence-corrected chi connectivity index (χ0v) is 11.5. The highest BCUT2D eigenvalue weighted by molar-refractivity contribution is 5.89. The molecule has 0 saturated heterocycles. The van der Waals surface area contributed by atoms with Gasteiger partial charge in [0.15, 0.2) is 5.82 Å². The van der Waals surface area contributed by atoms with Crippen LogP contribution in [0, 0.1) is 0 Å². The Morgan fingerprint density at radius 1 is 1.40 bits per heavy atom. The normalized spacial score (nSPS) is 11.9. The Balaban J connectivity index is 1.93. The lowest BCUT2D eigenvalue weighted by molar-refractivity contribution is 0.248. The SMILES string of the molecule is CC(NC(=O)Nc1ccc(CN)cc1)c1nncn1C. The number of urea groups is 1. The first-order valence-corrected chi connectivity index (χ1v) is 6.30. The Morgan fingerprint density at radius 3 is 2.65 bits per heavy atom. The molecule has 1 aromatic heterocycles. The Morgan fingerprint density at radius 2 is 2.10 bits per heavy atom. The smallest absolute Gasteiger partial charge is 0.319 e. The molecule has 7 heteroatoms. The highest BCUT2D eigenvalue weighted by atomic mass is 16.2. The number of aromatic nitrogens is 3. The number of nitrogens with one attached hydrogen (secondary N) is 2. The lowest BCUT2D eigenvalue weighted by Crippen LogP contribution is -2.32. The van der Waals surface area contributed by atoms with Crippen LogP contribution in [0.25, 0.3) is 0 Å². The summed E-state index contributed by atoms with van der Waals surface area (Å²) in [6.45, 7) is 2.33. The Bertz CT molecular complexity index is 577. The Kier molecular flexibility index (Phi) is 4.31. The van der Waals surface area contributed by atoms with Gasteiger partial charge in [-0.3, -0.25) is 0 Å². The Labute approximate surface area is 117 Å². The van der Waals surface area contributed by atoms with Crippen LogP contribution in [-0.2, 0) is 13.6 Å². The molecule has 1 atom stereocenters. The van der Waals surface area contributed by atoms with E-state index in [1.54, 1.807) is 10.9 Å². The average molecular weight is 274 g/mol. The first-order valence-electron chi connectivity index (χ1n) is 6.30. The standard InChI is InChI=1S/C13H18N6O/c1-9(12-18-15-8-19(12)2)16-13(20)17-11-5-3-10(7-14)4-6-11/h3-6,8-9H,7,14H2,1-2H3,(H2,16,17,20). The van der Waals surface area contributed by atoms with E-state index in [1.807, 2.05) is 38.2 Å². The molecule has 0 bridgehead atoms. The van der Waals surface area contributed by atoms with Crippen LogP contribution in [0.5, 0.6) is 0 Å². The second-order valence-electron chi connectivity index (χ2n) is 4.52. The predicted octanol–water partition coefficient (Wildman–Crippen LogP) is 1.16. The molecule has 2 rings (SSSR count). The zero-order valence-electron chi connectivity index (χ0n) is 11.5. The molecule has 106 valence electrons. The fourth-order valence-electron chi connectivity index (χ4n) is 1.84. The van der Waals surface area contributed by atoms with E-state index in [1.165, 1.54) is 0 Å². The molecular formula is C13H18N6O. The first kappa shape index (κ1) is 14.0. The number of nitrogens with two attached hydrogens (primary N) is 1. The minimum atomic E-state index is -0.291. The van der Waals surface area contributed by atoms with Gasteiger partial charge in [-0.25, -0.2) is 4.79 Å². The van der Waals surface area contributed by atoms with Gasteiger partial charge in [0.2, 0.25) is 0 Å². The van der Waals surface area contributed by atoms with E-state index in [9.17, 15) is 4.79 Å². The van der Waals surface area contributed by atoms with E-state index in [0.717, 1.165) is 5.56 Å². The lowest BCUT2D eigenvalue weighted by atomic mass is 10.2. The first-order chi connectivity index (χ1) is 9.60. The molecule has 7 nitrogen and oxygen atoms in total.